The molecule has 1 fully saturated rings. The molecule has 2 amide bonds. The molecular formula is C24H30N4O4. The van der Waals surface area contributed by atoms with Gasteiger partial charge < -0.3 is 19.3 Å². The fourth-order valence-electron chi connectivity index (χ4n) is 3.58. The molecule has 1 aliphatic heterocycles. The van der Waals surface area contributed by atoms with Gasteiger partial charge in [-0.2, -0.15) is 5.10 Å². The van der Waals surface area contributed by atoms with Crippen LogP contribution in [-0.4, -0.2) is 64.3 Å². The smallest absolute Gasteiger partial charge is 0.254 e. The number of hydrazone groups is 1. The zero-order valence-corrected chi connectivity index (χ0v) is 19.0. The average Bonchev–Trinajstić information content (AvgIpc) is 2.83. The number of benzene rings is 2. The number of hydrogen-bond acceptors (Lipinski definition) is 6. The van der Waals surface area contributed by atoms with Gasteiger partial charge in [0, 0.05) is 50.4 Å². The van der Waals surface area contributed by atoms with Crippen molar-refractivity contribution in [3.8, 4) is 11.5 Å². The van der Waals surface area contributed by atoms with Crippen LogP contribution in [0, 0.1) is 5.92 Å². The van der Waals surface area contributed by atoms with E-state index in [2.05, 4.69) is 10.5 Å². The average molecular weight is 439 g/mol. The number of anilines is 1. The summed E-state index contributed by atoms with van der Waals surface area (Å²) >= 11 is 0. The number of ether oxygens (including phenoxy) is 2. The van der Waals surface area contributed by atoms with Crippen molar-refractivity contribution in [1.29, 1.82) is 0 Å². The van der Waals surface area contributed by atoms with Crippen LogP contribution in [0.5, 0.6) is 11.5 Å². The van der Waals surface area contributed by atoms with Crippen LogP contribution in [0.2, 0.25) is 0 Å². The quantitative estimate of drug-likeness (QED) is 0.531. The SMILES string of the molecule is COc1cc(OC)cc(C(=O)N2CCC(C(=O)N/N=C/c3ccc(N(C)C)cc3)CC2)c1. The first-order valence-corrected chi connectivity index (χ1v) is 10.5. The molecule has 1 aliphatic rings. The molecule has 0 spiro atoms. The standard InChI is InChI=1S/C24H30N4O4/c1-27(2)20-7-5-17(6-8-20)16-25-26-23(29)18-9-11-28(12-10-18)24(30)19-13-21(31-3)15-22(14-19)32-4/h5-8,13-16,18H,9-12H2,1-4H3,(H,26,29)/b25-16+. The van der Waals surface area contributed by atoms with Crippen LogP contribution in [0.25, 0.3) is 0 Å². The van der Waals surface area contributed by atoms with Gasteiger partial charge in [-0.15, -0.1) is 0 Å². The Morgan fingerprint density at radius 3 is 2.16 bits per heavy atom. The zero-order valence-electron chi connectivity index (χ0n) is 19.0. The van der Waals surface area contributed by atoms with Crippen molar-refractivity contribution in [1.82, 2.24) is 10.3 Å². The van der Waals surface area contributed by atoms with Gasteiger partial charge in [0.1, 0.15) is 11.5 Å². The Hall–Kier alpha value is -3.55. The molecule has 1 heterocycles. The maximum Gasteiger partial charge on any atom is 0.254 e. The van der Waals surface area contributed by atoms with Gasteiger partial charge in [-0.05, 0) is 42.7 Å². The molecule has 0 bridgehead atoms. The second-order valence-corrected chi connectivity index (χ2v) is 7.89. The van der Waals surface area contributed by atoms with E-state index in [4.69, 9.17) is 9.47 Å². The molecule has 2 aromatic carbocycles. The van der Waals surface area contributed by atoms with Crippen LogP contribution >= 0.6 is 0 Å². The normalized spacial score (nSPS) is 14.3. The first-order chi connectivity index (χ1) is 15.4. The lowest BCUT2D eigenvalue weighted by molar-refractivity contribution is -0.126. The third-order valence-electron chi connectivity index (χ3n) is 5.55. The van der Waals surface area contributed by atoms with E-state index in [1.165, 1.54) is 0 Å². The van der Waals surface area contributed by atoms with Crippen LogP contribution < -0.4 is 19.8 Å². The highest BCUT2D eigenvalue weighted by Crippen LogP contribution is 2.25. The van der Waals surface area contributed by atoms with Gasteiger partial charge in [-0.25, -0.2) is 5.43 Å². The van der Waals surface area contributed by atoms with Crippen molar-refractivity contribution >= 4 is 23.7 Å². The van der Waals surface area contributed by atoms with Gasteiger partial charge in [-0.3, -0.25) is 9.59 Å². The number of nitrogens with one attached hydrogen (secondary N) is 1. The molecule has 0 saturated carbocycles. The number of carbonyl (C=O) groups excluding carboxylic acids is 2. The van der Waals surface area contributed by atoms with Gasteiger partial charge in [-0.1, -0.05) is 12.1 Å². The molecular weight excluding hydrogens is 408 g/mol. The number of methoxy groups -OCH3 is 2. The lowest BCUT2D eigenvalue weighted by atomic mass is 9.95. The van der Waals surface area contributed by atoms with Crippen molar-refractivity contribution < 1.29 is 19.1 Å². The van der Waals surface area contributed by atoms with Crippen molar-refractivity contribution in [2.75, 3.05) is 46.3 Å². The Morgan fingerprint density at radius 1 is 1.03 bits per heavy atom. The van der Waals surface area contributed by atoms with Crippen LogP contribution in [0.3, 0.4) is 0 Å². The molecule has 0 radical (unpaired) electrons. The molecule has 1 saturated heterocycles. The Labute approximate surface area is 188 Å². The highest BCUT2D eigenvalue weighted by Gasteiger charge is 2.28. The number of likely N-dealkylation sites (tertiary alicyclic amines) is 1. The van der Waals surface area contributed by atoms with Crippen molar-refractivity contribution in [2.24, 2.45) is 11.0 Å². The Bertz CT molecular complexity index is 942. The highest BCUT2D eigenvalue weighted by atomic mass is 16.5. The topological polar surface area (TPSA) is 83.5 Å². The second-order valence-electron chi connectivity index (χ2n) is 7.89. The number of piperidine rings is 1. The fourth-order valence-corrected chi connectivity index (χ4v) is 3.58. The lowest BCUT2D eigenvalue weighted by Gasteiger charge is -2.31. The second kappa shape index (κ2) is 10.7. The molecule has 0 atom stereocenters. The summed E-state index contributed by atoms with van der Waals surface area (Å²) in [5.41, 5.74) is 5.14. The summed E-state index contributed by atoms with van der Waals surface area (Å²) in [6.45, 7) is 1.01. The maximum absolute atomic E-state index is 12.9. The van der Waals surface area contributed by atoms with Crippen LogP contribution in [-0.2, 0) is 4.79 Å². The predicted molar refractivity (Wildman–Crippen MR) is 125 cm³/mol. The van der Waals surface area contributed by atoms with Crippen molar-refractivity contribution in [3.63, 3.8) is 0 Å². The predicted octanol–water partition coefficient (Wildman–Crippen LogP) is 2.77. The van der Waals surface area contributed by atoms with E-state index in [1.807, 2.05) is 43.3 Å². The molecule has 8 heteroatoms. The minimum absolute atomic E-state index is 0.0970. The molecule has 2 aromatic rings. The van der Waals surface area contributed by atoms with Gasteiger partial charge in [0.2, 0.25) is 5.91 Å². The summed E-state index contributed by atoms with van der Waals surface area (Å²) in [4.78, 5) is 29.1. The van der Waals surface area contributed by atoms with Gasteiger partial charge in [0.25, 0.3) is 5.91 Å². The van der Waals surface area contributed by atoms with E-state index in [9.17, 15) is 9.59 Å². The molecule has 32 heavy (non-hydrogen) atoms. The Morgan fingerprint density at radius 2 is 1.62 bits per heavy atom. The summed E-state index contributed by atoms with van der Waals surface area (Å²) in [6, 6.07) is 13.0. The molecule has 0 unspecified atom stereocenters. The lowest BCUT2D eigenvalue weighted by Crippen LogP contribution is -2.42. The van der Waals surface area contributed by atoms with E-state index in [1.54, 1.807) is 43.5 Å². The van der Waals surface area contributed by atoms with Crippen LogP contribution in [0.15, 0.2) is 47.6 Å². The minimum atomic E-state index is -0.174. The van der Waals surface area contributed by atoms with E-state index in [-0.39, 0.29) is 17.7 Å². The van der Waals surface area contributed by atoms with E-state index >= 15 is 0 Å². The molecule has 1 N–H and O–H groups in total. The Kier molecular flexibility index (Phi) is 7.70. The summed E-state index contributed by atoms with van der Waals surface area (Å²) in [7, 11) is 7.06. The molecule has 0 aromatic heterocycles. The van der Waals surface area contributed by atoms with Gasteiger partial charge in [0.05, 0.1) is 20.4 Å². The van der Waals surface area contributed by atoms with Gasteiger partial charge >= 0.3 is 0 Å². The first-order valence-electron chi connectivity index (χ1n) is 10.5. The molecule has 170 valence electrons. The zero-order chi connectivity index (χ0) is 23.1. The van der Waals surface area contributed by atoms with E-state index < -0.39 is 0 Å². The number of rotatable bonds is 7. The van der Waals surface area contributed by atoms with E-state index in [0.717, 1.165) is 11.3 Å². The third kappa shape index (κ3) is 5.78. The summed E-state index contributed by atoms with van der Waals surface area (Å²) in [5, 5.41) is 4.08. The molecule has 0 aliphatic carbocycles. The van der Waals surface area contributed by atoms with Crippen LogP contribution in [0.1, 0.15) is 28.8 Å². The number of carbonyl (C=O) groups is 2. The summed E-state index contributed by atoms with van der Waals surface area (Å²) < 4.78 is 10.5. The van der Waals surface area contributed by atoms with Gasteiger partial charge in [0.15, 0.2) is 0 Å². The maximum atomic E-state index is 12.9. The largest absolute Gasteiger partial charge is 0.497 e. The minimum Gasteiger partial charge on any atom is -0.497 e. The molecule has 8 nitrogen and oxygen atoms in total. The molecule has 3 rings (SSSR count). The number of hydrogen-bond donors (Lipinski definition) is 1. The van der Waals surface area contributed by atoms with Crippen molar-refractivity contribution in [2.45, 2.75) is 12.8 Å². The third-order valence-corrected chi connectivity index (χ3v) is 5.55. The van der Waals surface area contributed by atoms with E-state index in [0.29, 0.717) is 43.0 Å². The Balaban J connectivity index is 1.51. The van der Waals surface area contributed by atoms with Crippen LogP contribution in [0.4, 0.5) is 5.69 Å². The number of amides is 2. The summed E-state index contributed by atoms with van der Waals surface area (Å²) in [6.07, 6.45) is 2.81. The summed E-state index contributed by atoms with van der Waals surface area (Å²) in [5.74, 6) is 0.737. The highest BCUT2D eigenvalue weighted by molar-refractivity contribution is 5.95. The number of nitrogens with zero attached hydrogens (tertiary/aromatic N) is 3. The van der Waals surface area contributed by atoms with Crippen molar-refractivity contribution in [3.05, 3.63) is 53.6 Å². The monoisotopic (exact) mass is 438 g/mol. The fraction of sp³-hybridized carbons (Fsp3) is 0.375. The first kappa shape index (κ1) is 23.1.